The smallest absolute Gasteiger partial charge is 0.275 e. The van der Waals surface area contributed by atoms with Gasteiger partial charge in [-0.15, -0.1) is 0 Å². The number of benzene rings is 3. The van der Waals surface area contributed by atoms with E-state index in [1.807, 2.05) is 48.5 Å². The highest BCUT2D eigenvalue weighted by Crippen LogP contribution is 2.29. The van der Waals surface area contributed by atoms with Crippen LogP contribution in [0.2, 0.25) is 5.02 Å². The van der Waals surface area contributed by atoms with Crippen LogP contribution >= 0.6 is 11.6 Å². The number of amides is 1. The Balaban J connectivity index is 0.000000271. The molecule has 0 aromatic heterocycles. The van der Waals surface area contributed by atoms with Gasteiger partial charge in [-0.2, -0.15) is 10.4 Å². The van der Waals surface area contributed by atoms with Crippen LogP contribution in [0.1, 0.15) is 27.5 Å². The summed E-state index contributed by atoms with van der Waals surface area (Å²) in [5.41, 5.74) is 7.77. The van der Waals surface area contributed by atoms with Crippen LogP contribution in [0.5, 0.6) is 0 Å². The van der Waals surface area contributed by atoms with Gasteiger partial charge in [0.15, 0.2) is 11.9 Å². The van der Waals surface area contributed by atoms with Gasteiger partial charge < -0.3 is 5.73 Å². The highest BCUT2D eigenvalue weighted by atomic mass is 35.5. The Morgan fingerprint density at radius 2 is 1.54 bits per heavy atom. The van der Waals surface area contributed by atoms with Gasteiger partial charge in [-0.05, 0) is 24.3 Å². The lowest BCUT2D eigenvalue weighted by atomic mass is 9.98. The summed E-state index contributed by atoms with van der Waals surface area (Å²) in [5, 5.41) is 15.5. The second-order valence-corrected chi connectivity index (χ2v) is 6.35. The van der Waals surface area contributed by atoms with E-state index < -0.39 is 6.04 Å². The largest absolute Gasteiger partial charge is 0.382 e. The van der Waals surface area contributed by atoms with Crippen LogP contribution in [-0.2, 0) is 0 Å². The van der Waals surface area contributed by atoms with Crippen molar-refractivity contribution in [2.75, 3.05) is 0 Å². The molecule has 0 fully saturated rings. The van der Waals surface area contributed by atoms with Gasteiger partial charge in [0.2, 0.25) is 0 Å². The maximum atomic E-state index is 12.5. The van der Waals surface area contributed by atoms with E-state index in [4.69, 9.17) is 17.3 Å². The van der Waals surface area contributed by atoms with E-state index in [-0.39, 0.29) is 11.7 Å². The molecule has 0 aliphatic carbocycles. The molecule has 1 heterocycles. The fourth-order valence-corrected chi connectivity index (χ4v) is 2.89. The molecule has 1 amide bonds. The summed E-state index contributed by atoms with van der Waals surface area (Å²) >= 11 is 5.54. The molecular formula is C22H17ClN4O. The summed E-state index contributed by atoms with van der Waals surface area (Å²) in [6.45, 7) is 0. The summed E-state index contributed by atoms with van der Waals surface area (Å²) in [4.78, 5) is 12.5. The Bertz CT molecular complexity index is 1030. The molecule has 3 aromatic carbocycles. The van der Waals surface area contributed by atoms with Gasteiger partial charge in [-0.3, -0.25) is 4.79 Å². The lowest BCUT2D eigenvalue weighted by Crippen LogP contribution is -2.37. The van der Waals surface area contributed by atoms with Crippen LogP contribution in [0.4, 0.5) is 0 Å². The Kier molecular flexibility index (Phi) is 6.05. The Labute approximate surface area is 168 Å². The van der Waals surface area contributed by atoms with Gasteiger partial charge in [0, 0.05) is 21.7 Å². The lowest BCUT2D eigenvalue weighted by molar-refractivity contribution is 0.0718. The second-order valence-electron chi connectivity index (χ2n) is 5.92. The van der Waals surface area contributed by atoms with Gasteiger partial charge >= 0.3 is 0 Å². The van der Waals surface area contributed by atoms with E-state index in [0.717, 1.165) is 10.0 Å². The monoisotopic (exact) mass is 388 g/mol. The summed E-state index contributed by atoms with van der Waals surface area (Å²) in [7, 11) is 0. The zero-order valence-electron chi connectivity index (χ0n) is 14.9. The van der Waals surface area contributed by atoms with Gasteiger partial charge in [-0.25, -0.2) is 5.01 Å². The molecule has 2 N–H and O–H groups in total. The molecule has 0 radical (unpaired) electrons. The van der Waals surface area contributed by atoms with Crippen molar-refractivity contribution in [3.63, 3.8) is 0 Å². The molecule has 6 heteroatoms. The number of amidine groups is 1. The number of hydrogen-bond acceptors (Lipinski definition) is 4. The first-order valence-electron chi connectivity index (χ1n) is 8.54. The molecule has 0 saturated heterocycles. The summed E-state index contributed by atoms with van der Waals surface area (Å²) < 4.78 is 0. The van der Waals surface area contributed by atoms with Crippen molar-refractivity contribution in [2.24, 2.45) is 10.8 Å². The molecule has 3 aromatic rings. The minimum atomic E-state index is -0.777. The number of fused-ring (bicyclic) bond motifs is 1. The standard InChI is InChI=1S/C16H12N4O.C6H5Cl/c17-10-14-12-8-4-5-9-13(12)15(18)19-20(14)16(21)11-6-2-1-3-7-11;7-6-4-2-1-3-5-6/h1-9,14H,(H2,18,19);1-5H. The van der Waals surface area contributed by atoms with Crippen LogP contribution in [0.25, 0.3) is 0 Å². The second kappa shape index (κ2) is 8.85. The first kappa shape index (κ1) is 19.2. The SMILES string of the molecule is Clc1ccccc1.N#CC1c2ccccc2C(N)=NN1C(=O)c1ccccc1. The Morgan fingerprint density at radius 3 is 2.11 bits per heavy atom. The zero-order chi connectivity index (χ0) is 19.9. The van der Waals surface area contributed by atoms with Crippen molar-refractivity contribution in [1.29, 1.82) is 5.26 Å². The maximum Gasteiger partial charge on any atom is 0.275 e. The predicted molar refractivity (Wildman–Crippen MR) is 110 cm³/mol. The number of carbonyl (C=O) groups excluding carboxylic acids is 1. The van der Waals surface area contributed by atoms with Gasteiger partial charge in [0.05, 0.1) is 6.07 Å². The Hall–Kier alpha value is -3.62. The number of halogens is 1. The topological polar surface area (TPSA) is 82.5 Å². The third-order valence-electron chi connectivity index (χ3n) is 4.08. The van der Waals surface area contributed by atoms with E-state index in [1.165, 1.54) is 0 Å². The van der Waals surface area contributed by atoms with Crippen molar-refractivity contribution in [3.05, 3.63) is 107 Å². The molecule has 1 aliphatic heterocycles. The van der Waals surface area contributed by atoms with E-state index in [1.54, 1.807) is 36.4 Å². The van der Waals surface area contributed by atoms with Gasteiger partial charge in [0.1, 0.15) is 0 Å². The molecule has 4 rings (SSSR count). The highest BCUT2D eigenvalue weighted by molar-refractivity contribution is 6.30. The first-order chi connectivity index (χ1) is 13.6. The number of hydrazone groups is 1. The first-order valence-corrected chi connectivity index (χ1v) is 8.91. The van der Waals surface area contributed by atoms with Crippen molar-refractivity contribution < 1.29 is 4.79 Å². The number of rotatable bonds is 1. The lowest BCUT2D eigenvalue weighted by Gasteiger charge is -2.28. The molecule has 138 valence electrons. The van der Waals surface area contributed by atoms with E-state index in [0.29, 0.717) is 16.7 Å². The molecule has 1 aliphatic rings. The average molecular weight is 389 g/mol. The van der Waals surface area contributed by atoms with E-state index in [9.17, 15) is 10.1 Å². The number of nitrogens with zero attached hydrogens (tertiary/aromatic N) is 3. The molecular weight excluding hydrogens is 372 g/mol. The minimum absolute atomic E-state index is 0.237. The summed E-state index contributed by atoms with van der Waals surface area (Å²) in [5.74, 6) is -0.110. The van der Waals surface area contributed by atoms with E-state index in [2.05, 4.69) is 11.2 Å². The maximum absolute atomic E-state index is 12.5. The Morgan fingerprint density at radius 1 is 0.964 bits per heavy atom. The van der Waals surface area contributed by atoms with Crippen LogP contribution in [-0.4, -0.2) is 16.8 Å². The van der Waals surface area contributed by atoms with Crippen LogP contribution in [0.15, 0.2) is 90.0 Å². The minimum Gasteiger partial charge on any atom is -0.382 e. The normalized spacial score (nSPS) is 14.6. The van der Waals surface area contributed by atoms with Crippen molar-refractivity contribution in [1.82, 2.24) is 5.01 Å². The molecule has 5 nitrogen and oxygen atoms in total. The fourth-order valence-electron chi connectivity index (χ4n) is 2.74. The zero-order valence-corrected chi connectivity index (χ0v) is 15.6. The van der Waals surface area contributed by atoms with Gasteiger partial charge in [0.25, 0.3) is 5.91 Å². The number of carbonyl (C=O) groups is 1. The predicted octanol–water partition coefficient (Wildman–Crippen LogP) is 4.37. The molecule has 0 spiro atoms. The molecule has 1 unspecified atom stereocenters. The average Bonchev–Trinajstić information content (AvgIpc) is 2.75. The van der Waals surface area contributed by atoms with Crippen molar-refractivity contribution in [3.8, 4) is 6.07 Å². The van der Waals surface area contributed by atoms with Crippen molar-refractivity contribution >= 4 is 23.3 Å². The molecule has 1 atom stereocenters. The van der Waals surface area contributed by atoms with Crippen LogP contribution in [0.3, 0.4) is 0 Å². The third-order valence-corrected chi connectivity index (χ3v) is 4.33. The van der Waals surface area contributed by atoms with Crippen LogP contribution < -0.4 is 5.73 Å². The fraction of sp³-hybridized carbons (Fsp3) is 0.0455. The quantitative estimate of drug-likeness (QED) is 0.672. The molecule has 0 saturated carbocycles. The van der Waals surface area contributed by atoms with E-state index >= 15 is 0 Å². The molecule has 0 bridgehead atoms. The number of hydrogen-bond donors (Lipinski definition) is 1. The number of nitrogens with two attached hydrogens (primary N) is 1. The summed E-state index contributed by atoms with van der Waals surface area (Å²) in [6.07, 6.45) is 0. The summed E-state index contributed by atoms with van der Waals surface area (Å²) in [6, 6.07) is 26.7. The number of nitriles is 1. The van der Waals surface area contributed by atoms with Crippen molar-refractivity contribution in [2.45, 2.75) is 6.04 Å². The van der Waals surface area contributed by atoms with Gasteiger partial charge in [-0.1, -0.05) is 72.3 Å². The highest BCUT2D eigenvalue weighted by Gasteiger charge is 2.32. The van der Waals surface area contributed by atoms with Crippen LogP contribution in [0, 0.1) is 11.3 Å². The third kappa shape index (κ3) is 4.20. The molecule has 28 heavy (non-hydrogen) atoms.